The van der Waals surface area contributed by atoms with Crippen molar-refractivity contribution in [3.63, 3.8) is 0 Å². The van der Waals surface area contributed by atoms with E-state index in [0.29, 0.717) is 29.2 Å². The monoisotopic (exact) mass is 594 g/mol. The second-order valence-electron chi connectivity index (χ2n) is 7.94. The summed E-state index contributed by atoms with van der Waals surface area (Å²) in [6.07, 6.45) is 5.88. The van der Waals surface area contributed by atoms with Gasteiger partial charge >= 0.3 is 6.01 Å². The first-order chi connectivity index (χ1) is 18.0. The number of anilines is 1. The van der Waals surface area contributed by atoms with Crippen LogP contribution in [0.15, 0.2) is 41.4 Å². The number of rotatable bonds is 11. The molecule has 0 aliphatic carbocycles. The Labute approximate surface area is 221 Å². The summed E-state index contributed by atoms with van der Waals surface area (Å²) in [5.74, 6) is 1.26. The number of ether oxygens (including phenoxy) is 5. The Balaban J connectivity index is 1.35. The highest BCUT2D eigenvalue weighted by atomic mass is 79.9. The maximum atomic E-state index is 12.8. The van der Waals surface area contributed by atoms with Crippen LogP contribution in [-0.4, -0.2) is 67.6 Å². The summed E-state index contributed by atoms with van der Waals surface area (Å²) in [7, 11) is -3.97. The fourth-order valence-electron chi connectivity index (χ4n) is 3.69. The van der Waals surface area contributed by atoms with E-state index in [0.717, 1.165) is 17.3 Å². The van der Waals surface area contributed by atoms with Crippen molar-refractivity contribution in [1.82, 2.24) is 24.7 Å². The zero-order valence-electron chi connectivity index (χ0n) is 19.4. The Morgan fingerprint density at radius 3 is 2.68 bits per heavy atom. The molecule has 0 radical (unpaired) electrons. The van der Waals surface area contributed by atoms with E-state index in [9.17, 15) is 8.42 Å². The zero-order valence-corrected chi connectivity index (χ0v) is 21.8. The largest absolute Gasteiger partial charge is 0.473 e. The normalized spacial score (nSPS) is 16.5. The van der Waals surface area contributed by atoms with Crippen LogP contribution in [0, 0.1) is 0 Å². The summed E-state index contributed by atoms with van der Waals surface area (Å²) in [6, 6.07) is 5.35. The van der Waals surface area contributed by atoms with Crippen molar-refractivity contribution in [2.45, 2.75) is 18.9 Å². The van der Waals surface area contributed by atoms with Crippen LogP contribution in [0.5, 0.6) is 23.4 Å². The van der Waals surface area contributed by atoms with Crippen LogP contribution in [0.25, 0.3) is 11.1 Å². The molecule has 0 spiro atoms. The average molecular weight is 595 g/mol. The molecular formula is C22H23BrN6O7S. The Bertz CT molecular complexity index is 1340. The highest BCUT2D eigenvalue weighted by molar-refractivity contribution is 9.10. The fourth-order valence-corrected chi connectivity index (χ4v) is 4.78. The average Bonchev–Trinajstić information content (AvgIpc) is 3.58. The molecule has 1 fully saturated rings. The summed E-state index contributed by atoms with van der Waals surface area (Å²) in [6.45, 7) is 1.07. The van der Waals surface area contributed by atoms with Crippen molar-refractivity contribution in [1.29, 1.82) is 0 Å². The summed E-state index contributed by atoms with van der Waals surface area (Å²) in [4.78, 5) is 16.5. The molecule has 5 rings (SSSR count). The van der Waals surface area contributed by atoms with E-state index in [1.165, 1.54) is 6.33 Å². The van der Waals surface area contributed by atoms with E-state index < -0.39 is 10.2 Å². The topological polar surface area (TPSA) is 156 Å². The number of fused-ring (bicyclic) bond motifs is 1. The van der Waals surface area contributed by atoms with Gasteiger partial charge in [0.15, 0.2) is 17.3 Å². The second kappa shape index (κ2) is 11.4. The predicted octanol–water partition coefficient (Wildman–Crippen LogP) is 2.31. The molecule has 0 bridgehead atoms. The van der Waals surface area contributed by atoms with E-state index in [-0.39, 0.29) is 50.4 Å². The Morgan fingerprint density at radius 1 is 1.05 bits per heavy atom. The molecular weight excluding hydrogens is 572 g/mol. The quantitative estimate of drug-likeness (QED) is 0.314. The number of nitrogens with one attached hydrogen (secondary N) is 2. The van der Waals surface area contributed by atoms with Gasteiger partial charge in [-0.3, -0.25) is 4.72 Å². The van der Waals surface area contributed by atoms with E-state index in [2.05, 4.69) is 45.3 Å². The minimum absolute atomic E-state index is 0.0286. The lowest BCUT2D eigenvalue weighted by Crippen LogP contribution is -2.36. The molecule has 4 heterocycles. The molecule has 2 aliphatic rings. The third kappa shape index (κ3) is 6.54. The number of hydrogen-bond donors (Lipinski definition) is 2. The van der Waals surface area contributed by atoms with Crippen LogP contribution in [0.4, 0.5) is 5.82 Å². The maximum absolute atomic E-state index is 12.8. The Kier molecular flexibility index (Phi) is 7.83. The zero-order chi connectivity index (χ0) is 25.7. The number of hydrogen-bond acceptors (Lipinski definition) is 11. The van der Waals surface area contributed by atoms with Crippen LogP contribution in [0.3, 0.4) is 0 Å². The summed E-state index contributed by atoms with van der Waals surface area (Å²) in [5, 5.41) is 0. The summed E-state index contributed by atoms with van der Waals surface area (Å²) < 4.78 is 59.1. The van der Waals surface area contributed by atoms with Gasteiger partial charge in [-0.15, -0.1) is 0 Å². The van der Waals surface area contributed by atoms with Crippen LogP contribution in [0.1, 0.15) is 12.8 Å². The third-order valence-electron chi connectivity index (χ3n) is 5.38. The SMILES string of the molecule is O=S(=O)(NC[C@H]1CCCO1)Nc1ncnc(OCCOc2ncc(Br)cn2)c1-c1ccc2c(c1)OCO2. The van der Waals surface area contributed by atoms with Gasteiger partial charge in [0, 0.05) is 25.5 Å². The van der Waals surface area contributed by atoms with Gasteiger partial charge in [0.25, 0.3) is 10.2 Å². The summed E-state index contributed by atoms with van der Waals surface area (Å²) >= 11 is 3.27. The van der Waals surface area contributed by atoms with E-state index >= 15 is 0 Å². The van der Waals surface area contributed by atoms with Gasteiger partial charge in [0.05, 0.1) is 16.1 Å². The van der Waals surface area contributed by atoms with Gasteiger partial charge in [-0.1, -0.05) is 6.07 Å². The number of halogens is 1. The van der Waals surface area contributed by atoms with Gasteiger partial charge in [-0.05, 0) is 46.5 Å². The molecule has 2 aliphatic heterocycles. The van der Waals surface area contributed by atoms with Crippen LogP contribution in [0.2, 0.25) is 0 Å². The van der Waals surface area contributed by atoms with Crippen molar-refractivity contribution in [3.8, 4) is 34.5 Å². The molecule has 0 saturated carbocycles. The minimum atomic E-state index is -3.97. The van der Waals surface area contributed by atoms with Gasteiger partial charge in [0.2, 0.25) is 12.7 Å². The smallest absolute Gasteiger partial charge is 0.316 e. The first kappa shape index (κ1) is 25.4. The molecule has 196 valence electrons. The summed E-state index contributed by atoms with van der Waals surface area (Å²) in [5.41, 5.74) is 0.886. The first-order valence-electron chi connectivity index (χ1n) is 11.3. The van der Waals surface area contributed by atoms with Crippen molar-refractivity contribution >= 4 is 32.0 Å². The standard InChI is InChI=1S/C22H23BrN6O7S/c23-15-9-24-22(25-10-15)34-7-6-33-21-19(14-3-4-17-18(8-14)36-13-35-17)20(26-12-27-21)29-37(30,31)28-11-16-2-1-5-32-16/h3-4,8-10,12,16,28H,1-2,5-7,11,13H2,(H,26,27,29)/t16-/m1/s1. The molecule has 0 unspecified atom stereocenters. The van der Waals surface area contributed by atoms with E-state index in [1.54, 1.807) is 30.6 Å². The first-order valence-corrected chi connectivity index (χ1v) is 13.6. The Morgan fingerprint density at radius 2 is 1.86 bits per heavy atom. The third-order valence-corrected chi connectivity index (χ3v) is 6.80. The molecule has 2 aromatic heterocycles. The fraction of sp³-hybridized carbons (Fsp3) is 0.364. The molecule has 1 aromatic carbocycles. The molecule has 15 heteroatoms. The van der Waals surface area contributed by atoms with Gasteiger partial charge in [-0.25, -0.2) is 19.9 Å². The number of aromatic nitrogens is 4. The molecule has 1 atom stereocenters. The molecule has 0 amide bonds. The van der Waals surface area contributed by atoms with E-state index in [1.807, 2.05) is 0 Å². The van der Waals surface area contributed by atoms with Crippen molar-refractivity contribution < 1.29 is 32.1 Å². The van der Waals surface area contributed by atoms with Crippen LogP contribution >= 0.6 is 15.9 Å². The molecule has 37 heavy (non-hydrogen) atoms. The van der Waals surface area contributed by atoms with Crippen molar-refractivity contribution in [3.05, 3.63) is 41.4 Å². The molecule has 3 aromatic rings. The maximum Gasteiger partial charge on any atom is 0.316 e. The van der Waals surface area contributed by atoms with Crippen molar-refractivity contribution in [2.24, 2.45) is 0 Å². The lowest BCUT2D eigenvalue weighted by molar-refractivity contribution is 0.114. The van der Waals surface area contributed by atoms with Gasteiger partial charge < -0.3 is 23.7 Å². The second-order valence-corrected chi connectivity index (χ2v) is 10.4. The van der Waals surface area contributed by atoms with Gasteiger partial charge in [-0.2, -0.15) is 13.1 Å². The number of benzene rings is 1. The highest BCUT2D eigenvalue weighted by Gasteiger charge is 2.24. The van der Waals surface area contributed by atoms with Crippen LogP contribution in [-0.2, 0) is 14.9 Å². The van der Waals surface area contributed by atoms with Crippen LogP contribution < -0.4 is 28.4 Å². The Hall–Kier alpha value is -3.27. The lowest BCUT2D eigenvalue weighted by Gasteiger charge is -2.17. The predicted molar refractivity (Wildman–Crippen MR) is 134 cm³/mol. The highest BCUT2D eigenvalue weighted by Crippen LogP contribution is 2.40. The minimum Gasteiger partial charge on any atom is -0.473 e. The molecule has 1 saturated heterocycles. The number of nitrogens with zero attached hydrogens (tertiary/aromatic N) is 4. The van der Waals surface area contributed by atoms with Gasteiger partial charge in [0.1, 0.15) is 19.5 Å². The van der Waals surface area contributed by atoms with E-state index in [4.69, 9.17) is 23.7 Å². The molecule has 13 nitrogen and oxygen atoms in total. The van der Waals surface area contributed by atoms with Crippen molar-refractivity contribution in [2.75, 3.05) is 37.9 Å². The molecule has 2 N–H and O–H groups in total. The lowest BCUT2D eigenvalue weighted by atomic mass is 10.1.